The number of phenols is 2. The number of hydrogen-bond acceptors (Lipinski definition) is 21. The molecule has 0 aliphatic heterocycles. The zero-order chi connectivity index (χ0) is 46.4. The first-order valence-electron chi connectivity index (χ1n) is 16.4. The molecule has 0 saturated heterocycles. The van der Waals surface area contributed by atoms with Crippen LogP contribution in [0.1, 0.15) is 0 Å². The molecule has 0 fully saturated rings. The van der Waals surface area contributed by atoms with E-state index in [2.05, 4.69) is 35.4 Å². The van der Waals surface area contributed by atoms with Gasteiger partial charge in [0.2, 0.25) is 0 Å². The van der Waals surface area contributed by atoms with Crippen molar-refractivity contribution in [1.82, 2.24) is 0 Å². The number of nitro benzene ring substituents is 1. The van der Waals surface area contributed by atoms with Crippen LogP contribution in [0.2, 0.25) is 0 Å². The summed E-state index contributed by atoms with van der Waals surface area (Å²) in [5, 5.41) is 55.2. The second-order valence-corrected chi connectivity index (χ2v) is 18.0. The van der Waals surface area contributed by atoms with Crippen molar-refractivity contribution < 1.29 is 76.5 Å². The molecule has 26 nitrogen and oxygen atoms in total. The van der Waals surface area contributed by atoms with Crippen LogP contribution in [-0.4, -0.2) is 73.5 Å². The van der Waals surface area contributed by atoms with Crippen LogP contribution in [-0.2, 0) is 45.3 Å². The Kier molecular flexibility index (Phi) is 11.8. The van der Waals surface area contributed by atoms with Crippen molar-refractivity contribution in [2.45, 2.75) is 19.6 Å². The van der Waals surface area contributed by atoms with Gasteiger partial charge in [-0.15, -0.1) is 25.6 Å². The van der Waals surface area contributed by atoms with Crippen molar-refractivity contribution in [2.75, 3.05) is 5.73 Å². The van der Waals surface area contributed by atoms with Crippen LogP contribution in [0.5, 0.6) is 17.2 Å². The highest BCUT2D eigenvalue weighted by atomic mass is 32.2. The topological polar surface area (TPSA) is 428 Å². The number of nitro groups is 1. The number of nitrogens with two attached hydrogens (primary N) is 1. The Morgan fingerprint density at radius 2 is 1.14 bits per heavy atom. The summed E-state index contributed by atoms with van der Waals surface area (Å²) in [6.07, 6.45) is 0. The maximum absolute atomic E-state index is 12.5. The molecule has 63 heavy (non-hydrogen) atoms. The summed E-state index contributed by atoms with van der Waals surface area (Å²) < 4.78 is 140. The number of hydrogen-bond donors (Lipinski definition) is 7. The molecule has 6 aromatic carbocycles. The second-order valence-electron chi connectivity index (χ2n) is 12.4. The first kappa shape index (κ1) is 45.1. The number of anilines is 1. The number of carbonyl (C=O) groups excluding carboxylic acids is 1. The Bertz CT molecular complexity index is 3530. The summed E-state index contributed by atoms with van der Waals surface area (Å²) in [5.74, 6) is -2.38. The zero-order valence-electron chi connectivity index (χ0n) is 30.5. The molecule has 0 radical (unpaired) electrons. The molecule has 8 N–H and O–H groups in total. The minimum atomic E-state index is -5.17. The average Bonchev–Trinajstić information content (AvgIpc) is 3.18. The van der Waals surface area contributed by atoms with E-state index in [1.807, 2.05) is 0 Å². The number of non-ortho nitro benzene ring substituents is 1. The lowest BCUT2D eigenvalue weighted by Crippen LogP contribution is -2.01. The quantitative estimate of drug-likeness (QED) is 0.0159. The molecule has 0 bridgehead atoms. The van der Waals surface area contributed by atoms with Crippen LogP contribution in [0.25, 0.3) is 21.5 Å². The fraction of sp³-hybridized carbons (Fsp3) is 0. The summed E-state index contributed by atoms with van der Waals surface area (Å²) in [6, 6.07) is 11.9. The molecule has 30 heteroatoms. The lowest BCUT2D eigenvalue weighted by atomic mass is 10.1. The Hall–Kier alpha value is -7.45. The van der Waals surface area contributed by atoms with Crippen LogP contribution in [0.3, 0.4) is 0 Å². The van der Waals surface area contributed by atoms with E-state index < -0.39 is 122 Å². The molecule has 326 valence electrons. The normalized spacial score (nSPS) is 12.8. The van der Waals surface area contributed by atoms with E-state index in [1.54, 1.807) is 0 Å². The first-order valence-corrected chi connectivity index (χ1v) is 22.1. The SMILES string of the molecule is Nc1c(N=Nc2ccc3cc(S(=O)(=O)O)c(N=Nc4ccc(S(=O)(=O)O)cc4OC=O)c(O)c3c2)c(S(=O)(=O)O)cc2ccc(N=Nc3ccc([N+](=O)[O-])cc3S(=O)(=O)O)c(O)c12. The highest BCUT2D eigenvalue weighted by Gasteiger charge is 2.26. The van der Waals surface area contributed by atoms with Crippen LogP contribution in [0.15, 0.2) is 129 Å². The molecule has 0 saturated carbocycles. The predicted octanol–water partition coefficient (Wildman–Crippen LogP) is 6.66. The largest absolute Gasteiger partial charge is 0.505 e. The van der Waals surface area contributed by atoms with E-state index in [-0.39, 0.29) is 33.7 Å². The van der Waals surface area contributed by atoms with Gasteiger partial charge >= 0.3 is 0 Å². The molecule has 0 heterocycles. The number of nitrogens with zero attached hydrogens (tertiary/aromatic N) is 7. The maximum Gasteiger partial charge on any atom is 0.298 e. The monoisotopic (exact) mass is 946 g/mol. The van der Waals surface area contributed by atoms with Gasteiger partial charge in [-0.05, 0) is 59.3 Å². The third-order valence-electron chi connectivity index (χ3n) is 8.45. The minimum Gasteiger partial charge on any atom is -0.505 e. The Morgan fingerprint density at radius 1 is 0.587 bits per heavy atom. The van der Waals surface area contributed by atoms with Crippen LogP contribution >= 0.6 is 0 Å². The molecule has 0 amide bonds. The van der Waals surface area contributed by atoms with Crippen molar-refractivity contribution in [3.8, 4) is 17.2 Å². The standard InChI is InChI=1S/C33H22N8O18S4/c34-29-28-16(2-6-23(33(28)44)38-37-22-7-4-18(41(45)46)12-25(22)61(50,51)52)10-26(62(53,54)55)30(29)39-35-17-3-1-15-9-27(63(56,57)58)31(32(43)20(15)11-17)40-36-21-8-5-19(60(47,48)49)13-24(21)59-14-42/h1-14,43-44H,34H2,(H,47,48,49)(H,50,51,52)(H,53,54,55)(H,56,57,58). The van der Waals surface area contributed by atoms with Gasteiger partial charge in [-0.2, -0.15) is 38.8 Å². The fourth-order valence-corrected chi connectivity index (χ4v) is 8.10. The van der Waals surface area contributed by atoms with Gasteiger partial charge in [0.25, 0.3) is 52.6 Å². The van der Waals surface area contributed by atoms with Crippen molar-refractivity contribution in [2.24, 2.45) is 30.7 Å². The number of carbonyl (C=O) groups is 1. The number of rotatable bonds is 13. The van der Waals surface area contributed by atoms with Gasteiger partial charge in [-0.25, -0.2) is 0 Å². The number of nitrogen functional groups attached to an aromatic ring is 1. The highest BCUT2D eigenvalue weighted by Crippen LogP contribution is 2.47. The zero-order valence-corrected chi connectivity index (χ0v) is 33.8. The van der Waals surface area contributed by atoms with E-state index in [1.165, 1.54) is 6.07 Å². The molecule has 0 aromatic heterocycles. The molecule has 6 aromatic rings. The lowest BCUT2D eigenvalue weighted by Gasteiger charge is -2.12. The van der Waals surface area contributed by atoms with Crippen LogP contribution in [0.4, 0.5) is 45.5 Å². The van der Waals surface area contributed by atoms with E-state index in [9.17, 15) is 77.0 Å². The van der Waals surface area contributed by atoms with Crippen molar-refractivity contribution in [3.63, 3.8) is 0 Å². The minimum absolute atomic E-state index is 0.0756. The molecule has 0 unspecified atom stereocenters. The third-order valence-corrected chi connectivity index (χ3v) is 11.9. The molecular formula is C33H22N8O18S4. The van der Waals surface area contributed by atoms with Gasteiger partial charge in [-0.3, -0.25) is 33.1 Å². The van der Waals surface area contributed by atoms with E-state index in [4.69, 9.17) is 5.73 Å². The van der Waals surface area contributed by atoms with E-state index in [0.29, 0.717) is 12.1 Å². The number of azo groups is 3. The lowest BCUT2D eigenvalue weighted by molar-refractivity contribution is -0.385. The molecule has 0 aliphatic carbocycles. The van der Waals surface area contributed by atoms with Crippen molar-refractivity contribution >= 4 is 114 Å². The molecular weight excluding hydrogens is 925 g/mol. The fourth-order valence-electron chi connectivity index (χ4n) is 5.63. The van der Waals surface area contributed by atoms with Gasteiger partial charge in [-0.1, -0.05) is 12.1 Å². The average molecular weight is 947 g/mol. The third kappa shape index (κ3) is 9.41. The Balaban J connectivity index is 1.46. The smallest absolute Gasteiger partial charge is 0.298 e. The number of fused-ring (bicyclic) bond motifs is 2. The Morgan fingerprint density at radius 3 is 1.76 bits per heavy atom. The van der Waals surface area contributed by atoms with Gasteiger partial charge in [0.05, 0.1) is 26.6 Å². The maximum atomic E-state index is 12.5. The molecule has 0 atom stereocenters. The van der Waals surface area contributed by atoms with Gasteiger partial charge in [0.15, 0.2) is 17.2 Å². The summed E-state index contributed by atoms with van der Waals surface area (Å²) in [5.41, 5.74) is 1.53. The van der Waals surface area contributed by atoms with Crippen molar-refractivity contribution in [1.29, 1.82) is 0 Å². The van der Waals surface area contributed by atoms with Crippen molar-refractivity contribution in [3.05, 3.63) is 89.0 Å². The van der Waals surface area contributed by atoms with Gasteiger partial charge < -0.3 is 20.7 Å². The molecule has 6 rings (SSSR count). The summed E-state index contributed by atoms with van der Waals surface area (Å²) in [6.45, 7) is -0.134. The summed E-state index contributed by atoms with van der Waals surface area (Å²) >= 11 is 0. The van der Waals surface area contributed by atoms with Gasteiger partial charge in [0.1, 0.15) is 43.1 Å². The number of ether oxygens (including phenoxy) is 1. The van der Waals surface area contributed by atoms with Gasteiger partial charge in [0, 0.05) is 23.6 Å². The predicted molar refractivity (Wildman–Crippen MR) is 214 cm³/mol. The highest BCUT2D eigenvalue weighted by molar-refractivity contribution is 7.86. The number of aromatic hydroxyl groups is 2. The van der Waals surface area contributed by atoms with Crippen LogP contribution in [0, 0.1) is 10.1 Å². The van der Waals surface area contributed by atoms with Crippen LogP contribution < -0.4 is 10.5 Å². The van der Waals surface area contributed by atoms with E-state index in [0.717, 1.165) is 60.7 Å². The number of phenolic OH excluding ortho intramolecular Hbond substituents is 2. The molecule has 0 spiro atoms. The second kappa shape index (κ2) is 16.4. The molecule has 0 aliphatic rings. The van der Waals surface area contributed by atoms with E-state index >= 15 is 0 Å². The summed E-state index contributed by atoms with van der Waals surface area (Å²) in [7, 11) is -20.2. The summed E-state index contributed by atoms with van der Waals surface area (Å²) in [4.78, 5) is 17.6. The number of benzene rings is 6. The Labute approximate surface area is 351 Å². The first-order chi connectivity index (χ1) is 29.3.